The molecule has 1 amide bonds. The van der Waals surface area contributed by atoms with Crippen LogP contribution in [-0.4, -0.2) is 5.91 Å². The lowest BCUT2D eigenvalue weighted by Crippen LogP contribution is -2.09. The molecule has 70 valence electrons. The quantitative estimate of drug-likeness (QED) is 0.596. The summed E-state index contributed by atoms with van der Waals surface area (Å²) in [6.07, 6.45) is 0.439. The number of hydrogen-bond acceptors (Lipinski definition) is 3. The maximum atomic E-state index is 11.0. The largest absolute Gasteiger partial charge is 0.399 e. The smallest absolute Gasteiger partial charge is 0.224 e. The molecule has 0 radical (unpaired) electrons. The Morgan fingerprint density at radius 3 is 2.31 bits per heavy atom. The molecule has 0 aromatic heterocycles. The summed E-state index contributed by atoms with van der Waals surface area (Å²) in [6, 6.07) is 4.98. The van der Waals surface area contributed by atoms with Gasteiger partial charge < -0.3 is 16.8 Å². The van der Waals surface area contributed by atoms with Crippen molar-refractivity contribution in [2.24, 2.45) is 0 Å². The highest BCUT2D eigenvalue weighted by Gasteiger charge is 2.00. The minimum atomic E-state index is -0.0509. The predicted octanol–water partition coefficient (Wildman–Crippen LogP) is 1.20. The molecule has 4 heteroatoms. The molecule has 0 saturated carbocycles. The van der Waals surface area contributed by atoms with E-state index in [9.17, 15) is 4.79 Å². The number of nitrogens with one attached hydrogen (secondary N) is 1. The molecule has 4 nitrogen and oxygen atoms in total. The minimum Gasteiger partial charge on any atom is -0.399 e. The van der Waals surface area contributed by atoms with E-state index in [2.05, 4.69) is 5.32 Å². The molecule has 0 atom stereocenters. The molecule has 0 saturated heterocycles. The first-order chi connectivity index (χ1) is 6.11. The summed E-state index contributed by atoms with van der Waals surface area (Å²) in [7, 11) is 0. The maximum Gasteiger partial charge on any atom is 0.224 e. The van der Waals surface area contributed by atoms with Gasteiger partial charge in [0.1, 0.15) is 0 Å². The Morgan fingerprint density at radius 2 is 1.85 bits per heavy atom. The van der Waals surface area contributed by atoms with Crippen molar-refractivity contribution in [3.63, 3.8) is 0 Å². The molecule has 1 aromatic rings. The molecule has 0 aliphatic heterocycles. The van der Waals surface area contributed by atoms with Gasteiger partial charge in [-0.3, -0.25) is 4.79 Å². The van der Waals surface area contributed by atoms with Crippen LogP contribution in [0, 0.1) is 0 Å². The first-order valence-corrected chi connectivity index (χ1v) is 4.07. The van der Waals surface area contributed by atoms with Crippen molar-refractivity contribution in [1.82, 2.24) is 0 Å². The van der Waals surface area contributed by atoms with Crippen LogP contribution in [0.25, 0.3) is 0 Å². The summed E-state index contributed by atoms with van der Waals surface area (Å²) in [6.45, 7) is 1.78. The molecule has 0 heterocycles. The second-order valence-electron chi connectivity index (χ2n) is 2.79. The van der Waals surface area contributed by atoms with Crippen LogP contribution >= 0.6 is 0 Å². The minimum absolute atomic E-state index is 0.0509. The third kappa shape index (κ3) is 2.66. The molecule has 0 fully saturated rings. The van der Waals surface area contributed by atoms with Gasteiger partial charge in [-0.15, -0.1) is 0 Å². The Kier molecular flexibility index (Phi) is 2.74. The third-order valence-electron chi connectivity index (χ3n) is 1.58. The van der Waals surface area contributed by atoms with Crippen molar-refractivity contribution in [3.8, 4) is 0 Å². The van der Waals surface area contributed by atoms with Gasteiger partial charge in [0.25, 0.3) is 0 Å². The molecule has 0 spiro atoms. The number of benzene rings is 1. The third-order valence-corrected chi connectivity index (χ3v) is 1.58. The standard InChI is InChI=1S/C9H13N3O/c1-2-9(13)12-8-4-6(10)3-7(11)5-8/h3-5H,2,10-11H2,1H3,(H,12,13). The Balaban J connectivity index is 2.83. The van der Waals surface area contributed by atoms with Gasteiger partial charge in [0.05, 0.1) is 0 Å². The summed E-state index contributed by atoms with van der Waals surface area (Å²) in [5.41, 5.74) is 12.8. The SMILES string of the molecule is CCC(=O)Nc1cc(N)cc(N)c1. The Bertz CT molecular complexity index is 302. The second kappa shape index (κ2) is 3.80. The van der Waals surface area contributed by atoms with Crippen molar-refractivity contribution < 1.29 is 4.79 Å². The zero-order chi connectivity index (χ0) is 9.84. The number of carbonyl (C=O) groups is 1. The summed E-state index contributed by atoms with van der Waals surface area (Å²) in [5.74, 6) is -0.0509. The second-order valence-corrected chi connectivity index (χ2v) is 2.79. The first-order valence-electron chi connectivity index (χ1n) is 4.07. The molecular formula is C9H13N3O. The molecule has 1 aromatic carbocycles. The Hall–Kier alpha value is -1.71. The Labute approximate surface area is 76.9 Å². The molecular weight excluding hydrogens is 166 g/mol. The van der Waals surface area contributed by atoms with Crippen LogP contribution in [0.5, 0.6) is 0 Å². The summed E-state index contributed by atoms with van der Waals surface area (Å²) in [4.78, 5) is 11.0. The fourth-order valence-electron chi connectivity index (χ4n) is 0.998. The van der Waals surface area contributed by atoms with Gasteiger partial charge >= 0.3 is 0 Å². The topological polar surface area (TPSA) is 81.1 Å². The van der Waals surface area contributed by atoms with Crippen LogP contribution in [0.3, 0.4) is 0 Å². The molecule has 13 heavy (non-hydrogen) atoms. The van der Waals surface area contributed by atoms with E-state index >= 15 is 0 Å². The average molecular weight is 179 g/mol. The van der Waals surface area contributed by atoms with Crippen LogP contribution < -0.4 is 16.8 Å². The van der Waals surface area contributed by atoms with Crippen LogP contribution in [0.15, 0.2) is 18.2 Å². The molecule has 0 aliphatic rings. The summed E-state index contributed by atoms with van der Waals surface area (Å²) >= 11 is 0. The van der Waals surface area contributed by atoms with E-state index in [1.807, 2.05) is 0 Å². The van der Waals surface area contributed by atoms with Crippen molar-refractivity contribution in [1.29, 1.82) is 0 Å². The molecule has 0 unspecified atom stereocenters. The Morgan fingerprint density at radius 1 is 1.31 bits per heavy atom. The number of nitrogen functional groups attached to an aromatic ring is 2. The van der Waals surface area contributed by atoms with Gasteiger partial charge in [-0.2, -0.15) is 0 Å². The van der Waals surface area contributed by atoms with Crippen molar-refractivity contribution >= 4 is 23.0 Å². The van der Waals surface area contributed by atoms with Crippen LogP contribution in [0.4, 0.5) is 17.1 Å². The van der Waals surface area contributed by atoms with E-state index in [1.165, 1.54) is 0 Å². The van der Waals surface area contributed by atoms with E-state index in [0.717, 1.165) is 0 Å². The lowest BCUT2D eigenvalue weighted by molar-refractivity contribution is -0.115. The van der Waals surface area contributed by atoms with Gasteiger partial charge in [0, 0.05) is 23.5 Å². The molecule has 0 aliphatic carbocycles. The highest BCUT2D eigenvalue weighted by Crippen LogP contribution is 2.17. The number of nitrogens with two attached hydrogens (primary N) is 2. The zero-order valence-electron chi connectivity index (χ0n) is 7.50. The number of amides is 1. The van der Waals surface area contributed by atoms with Gasteiger partial charge in [-0.1, -0.05) is 6.92 Å². The number of rotatable bonds is 2. The van der Waals surface area contributed by atoms with Crippen LogP contribution in [0.2, 0.25) is 0 Å². The lowest BCUT2D eigenvalue weighted by Gasteiger charge is -2.05. The van der Waals surface area contributed by atoms with Crippen molar-refractivity contribution in [2.75, 3.05) is 16.8 Å². The molecule has 5 N–H and O–H groups in total. The van der Waals surface area contributed by atoms with Crippen molar-refractivity contribution in [3.05, 3.63) is 18.2 Å². The van der Waals surface area contributed by atoms with E-state index in [1.54, 1.807) is 25.1 Å². The fraction of sp³-hybridized carbons (Fsp3) is 0.222. The fourth-order valence-corrected chi connectivity index (χ4v) is 0.998. The van der Waals surface area contributed by atoms with E-state index in [-0.39, 0.29) is 5.91 Å². The first kappa shape index (κ1) is 9.38. The van der Waals surface area contributed by atoms with Gasteiger partial charge in [-0.05, 0) is 18.2 Å². The van der Waals surface area contributed by atoms with E-state index in [0.29, 0.717) is 23.5 Å². The summed E-state index contributed by atoms with van der Waals surface area (Å²) in [5, 5.41) is 2.67. The number of anilines is 3. The van der Waals surface area contributed by atoms with Gasteiger partial charge in [0.2, 0.25) is 5.91 Å². The molecule has 0 bridgehead atoms. The highest BCUT2D eigenvalue weighted by molar-refractivity contribution is 5.91. The van der Waals surface area contributed by atoms with Crippen LogP contribution in [-0.2, 0) is 4.79 Å². The van der Waals surface area contributed by atoms with E-state index < -0.39 is 0 Å². The van der Waals surface area contributed by atoms with Gasteiger partial charge in [-0.25, -0.2) is 0 Å². The monoisotopic (exact) mass is 179 g/mol. The van der Waals surface area contributed by atoms with E-state index in [4.69, 9.17) is 11.5 Å². The van der Waals surface area contributed by atoms with Crippen LogP contribution in [0.1, 0.15) is 13.3 Å². The lowest BCUT2D eigenvalue weighted by atomic mass is 10.2. The zero-order valence-corrected chi connectivity index (χ0v) is 7.50. The number of carbonyl (C=O) groups excluding carboxylic acids is 1. The van der Waals surface area contributed by atoms with Gasteiger partial charge in [0.15, 0.2) is 0 Å². The normalized spacial score (nSPS) is 9.62. The highest BCUT2D eigenvalue weighted by atomic mass is 16.1. The van der Waals surface area contributed by atoms with Crippen molar-refractivity contribution in [2.45, 2.75) is 13.3 Å². The molecule has 1 rings (SSSR count). The number of hydrogen-bond donors (Lipinski definition) is 3. The predicted molar refractivity (Wildman–Crippen MR) is 54.2 cm³/mol. The maximum absolute atomic E-state index is 11.0. The summed E-state index contributed by atoms with van der Waals surface area (Å²) < 4.78 is 0. The average Bonchev–Trinajstić information content (AvgIpc) is 2.02.